The van der Waals surface area contributed by atoms with E-state index in [1.54, 1.807) is 19.0 Å². The Hall–Kier alpha value is -1.31. The molecule has 0 radical (unpaired) electrons. The number of carbonyl (C=O) groups excluding carboxylic acids is 1. The van der Waals surface area contributed by atoms with Gasteiger partial charge in [0, 0.05) is 39.3 Å². The van der Waals surface area contributed by atoms with Crippen LogP contribution in [0.4, 0.5) is 0 Å². The van der Waals surface area contributed by atoms with Gasteiger partial charge in [0.2, 0.25) is 0 Å². The number of nitrogens with zero attached hydrogens (tertiary/aromatic N) is 2. The van der Waals surface area contributed by atoms with Gasteiger partial charge >= 0.3 is 0 Å². The molecule has 1 aromatic rings. The summed E-state index contributed by atoms with van der Waals surface area (Å²) in [4.78, 5) is 18.6. The van der Waals surface area contributed by atoms with E-state index in [0.29, 0.717) is 5.41 Å². The Bertz CT molecular complexity index is 669. The molecule has 1 amide bonds. The number of rotatable bonds is 9. The first kappa shape index (κ1) is 25.7. The highest BCUT2D eigenvalue weighted by molar-refractivity contribution is 14.0. The molecule has 0 aliphatic heterocycles. The Morgan fingerprint density at radius 2 is 1.97 bits per heavy atom. The Morgan fingerprint density at radius 3 is 2.52 bits per heavy atom. The summed E-state index contributed by atoms with van der Waals surface area (Å²) < 4.78 is 0. The van der Waals surface area contributed by atoms with Gasteiger partial charge < -0.3 is 15.5 Å². The highest BCUT2D eigenvalue weighted by atomic mass is 127. The van der Waals surface area contributed by atoms with Crippen molar-refractivity contribution in [3.05, 3.63) is 35.4 Å². The van der Waals surface area contributed by atoms with Gasteiger partial charge in [-0.1, -0.05) is 32.4 Å². The number of halogens is 1. The van der Waals surface area contributed by atoms with Gasteiger partial charge in [-0.3, -0.25) is 9.79 Å². The highest BCUT2D eigenvalue weighted by Gasteiger charge is 2.37. The smallest absolute Gasteiger partial charge is 0.253 e. The lowest BCUT2D eigenvalue weighted by Gasteiger charge is -2.42. The fourth-order valence-corrected chi connectivity index (χ4v) is 4.00. The Balaban J connectivity index is 0.00000420. The normalized spacial score (nSPS) is 15.3. The summed E-state index contributed by atoms with van der Waals surface area (Å²) in [7, 11) is 3.56. The third-order valence-corrected chi connectivity index (χ3v) is 5.46. The molecular formula is C23H39IN4O. The van der Waals surface area contributed by atoms with E-state index < -0.39 is 0 Å². The molecule has 1 aliphatic rings. The zero-order valence-electron chi connectivity index (χ0n) is 18.8. The van der Waals surface area contributed by atoms with Gasteiger partial charge in [-0.05, 0) is 61.6 Å². The summed E-state index contributed by atoms with van der Waals surface area (Å²) in [5, 5.41) is 6.82. The average molecular weight is 514 g/mol. The third-order valence-electron chi connectivity index (χ3n) is 5.46. The van der Waals surface area contributed by atoms with Crippen LogP contribution >= 0.6 is 24.0 Å². The molecule has 1 saturated carbocycles. The lowest BCUT2D eigenvalue weighted by Crippen LogP contribution is -2.41. The van der Waals surface area contributed by atoms with Gasteiger partial charge in [0.25, 0.3) is 5.91 Å². The van der Waals surface area contributed by atoms with Gasteiger partial charge in [0.15, 0.2) is 5.96 Å². The SMILES string of the molecule is CCNC(=NCC1(CC(C)C)CCC1)NCCc1cccc(C(=O)N(C)C)c1.I. The minimum atomic E-state index is 0. The van der Waals surface area contributed by atoms with E-state index in [9.17, 15) is 4.79 Å². The maximum atomic E-state index is 12.1. The summed E-state index contributed by atoms with van der Waals surface area (Å²) in [6, 6.07) is 7.89. The zero-order chi connectivity index (χ0) is 20.6. The highest BCUT2D eigenvalue weighted by Crippen LogP contribution is 2.46. The van der Waals surface area contributed by atoms with Gasteiger partial charge in [-0.2, -0.15) is 0 Å². The molecule has 1 aliphatic carbocycles. The van der Waals surface area contributed by atoms with Crippen molar-refractivity contribution in [2.45, 2.75) is 52.9 Å². The van der Waals surface area contributed by atoms with E-state index in [2.05, 4.69) is 37.5 Å². The molecule has 2 rings (SSSR count). The summed E-state index contributed by atoms with van der Waals surface area (Å²) in [5.74, 6) is 1.67. The molecule has 0 atom stereocenters. The fraction of sp³-hybridized carbons (Fsp3) is 0.652. The van der Waals surface area contributed by atoms with Crippen LogP contribution in [-0.2, 0) is 6.42 Å². The lowest BCUT2D eigenvalue weighted by atomic mass is 9.64. The molecule has 0 heterocycles. The minimum absolute atomic E-state index is 0. The van der Waals surface area contributed by atoms with Crippen LogP contribution in [0, 0.1) is 11.3 Å². The van der Waals surface area contributed by atoms with Crippen molar-refractivity contribution in [3.8, 4) is 0 Å². The molecule has 29 heavy (non-hydrogen) atoms. The first-order chi connectivity index (χ1) is 13.3. The molecule has 0 spiro atoms. The van der Waals surface area contributed by atoms with Crippen molar-refractivity contribution in [1.29, 1.82) is 0 Å². The lowest BCUT2D eigenvalue weighted by molar-refractivity contribution is 0.0827. The molecule has 1 aromatic carbocycles. The van der Waals surface area contributed by atoms with Crippen LogP contribution in [-0.4, -0.2) is 50.5 Å². The Kier molecular flexibility index (Phi) is 11.0. The predicted octanol–water partition coefficient (Wildman–Crippen LogP) is 4.32. The number of benzene rings is 1. The molecule has 2 N–H and O–H groups in total. The van der Waals surface area contributed by atoms with Crippen LogP contribution in [0.25, 0.3) is 0 Å². The van der Waals surface area contributed by atoms with Gasteiger partial charge in [-0.25, -0.2) is 0 Å². The standard InChI is InChI=1S/C23H38N4O.HI/c1-6-24-22(26-17-23(12-8-13-23)16-18(2)3)25-14-11-19-9-7-10-20(15-19)21(28)27(4)5;/h7,9-10,15,18H,6,8,11-14,16-17H2,1-5H3,(H2,24,25,26);1H. The molecule has 1 fully saturated rings. The number of aliphatic imine (C=N–C) groups is 1. The number of amides is 1. The molecule has 5 nitrogen and oxygen atoms in total. The topological polar surface area (TPSA) is 56.7 Å². The van der Waals surface area contributed by atoms with E-state index in [0.717, 1.165) is 49.1 Å². The molecule has 0 bridgehead atoms. The van der Waals surface area contributed by atoms with E-state index in [1.165, 1.54) is 25.7 Å². The quantitative estimate of drug-likeness (QED) is 0.293. The minimum Gasteiger partial charge on any atom is -0.357 e. The number of hydrogen-bond acceptors (Lipinski definition) is 2. The number of hydrogen-bond donors (Lipinski definition) is 2. The Labute approximate surface area is 194 Å². The van der Waals surface area contributed by atoms with Crippen LogP contribution in [0.5, 0.6) is 0 Å². The van der Waals surface area contributed by atoms with E-state index in [-0.39, 0.29) is 29.9 Å². The number of carbonyl (C=O) groups is 1. The van der Waals surface area contributed by atoms with E-state index in [4.69, 9.17) is 4.99 Å². The maximum absolute atomic E-state index is 12.1. The second-order valence-electron chi connectivity index (χ2n) is 8.72. The first-order valence-corrected chi connectivity index (χ1v) is 10.7. The van der Waals surface area contributed by atoms with E-state index >= 15 is 0 Å². The molecule has 0 saturated heterocycles. The average Bonchev–Trinajstić information content (AvgIpc) is 2.62. The van der Waals surface area contributed by atoms with Gasteiger partial charge in [0.05, 0.1) is 0 Å². The van der Waals surface area contributed by atoms with Crippen LogP contribution in [0.1, 0.15) is 62.4 Å². The fourth-order valence-electron chi connectivity index (χ4n) is 4.00. The molecule has 6 heteroatoms. The van der Waals surface area contributed by atoms with Crippen molar-refractivity contribution in [3.63, 3.8) is 0 Å². The van der Waals surface area contributed by atoms with Crippen molar-refractivity contribution in [2.24, 2.45) is 16.3 Å². The van der Waals surface area contributed by atoms with Crippen molar-refractivity contribution < 1.29 is 4.79 Å². The molecule has 164 valence electrons. The maximum Gasteiger partial charge on any atom is 0.253 e. The van der Waals surface area contributed by atoms with Gasteiger partial charge in [-0.15, -0.1) is 24.0 Å². The van der Waals surface area contributed by atoms with Crippen LogP contribution < -0.4 is 10.6 Å². The molecule has 0 unspecified atom stereocenters. The predicted molar refractivity (Wildman–Crippen MR) is 133 cm³/mol. The zero-order valence-corrected chi connectivity index (χ0v) is 21.1. The second-order valence-corrected chi connectivity index (χ2v) is 8.72. The van der Waals surface area contributed by atoms with Crippen molar-refractivity contribution in [2.75, 3.05) is 33.7 Å². The monoisotopic (exact) mass is 514 g/mol. The third kappa shape index (κ3) is 8.15. The summed E-state index contributed by atoms with van der Waals surface area (Å²) >= 11 is 0. The van der Waals surface area contributed by atoms with Crippen LogP contribution in [0.3, 0.4) is 0 Å². The number of guanidine groups is 1. The second kappa shape index (κ2) is 12.4. The van der Waals surface area contributed by atoms with E-state index in [1.807, 2.05) is 18.2 Å². The summed E-state index contributed by atoms with van der Waals surface area (Å²) in [5.41, 5.74) is 2.31. The van der Waals surface area contributed by atoms with Crippen LogP contribution in [0.2, 0.25) is 0 Å². The number of nitrogens with one attached hydrogen (secondary N) is 2. The first-order valence-electron chi connectivity index (χ1n) is 10.7. The van der Waals surface area contributed by atoms with Crippen molar-refractivity contribution in [1.82, 2.24) is 15.5 Å². The summed E-state index contributed by atoms with van der Waals surface area (Å²) in [6.07, 6.45) is 6.08. The summed E-state index contributed by atoms with van der Waals surface area (Å²) in [6.45, 7) is 9.28. The molecule has 0 aromatic heterocycles. The largest absolute Gasteiger partial charge is 0.357 e. The molecular weight excluding hydrogens is 475 g/mol. The van der Waals surface area contributed by atoms with Crippen molar-refractivity contribution >= 4 is 35.8 Å². The van der Waals surface area contributed by atoms with Gasteiger partial charge in [0.1, 0.15) is 0 Å². The Morgan fingerprint density at radius 1 is 1.24 bits per heavy atom. The van der Waals surface area contributed by atoms with Crippen LogP contribution in [0.15, 0.2) is 29.3 Å².